The number of aromatic nitrogens is 2. The van der Waals surface area contributed by atoms with E-state index in [1.54, 1.807) is 0 Å². The minimum absolute atomic E-state index is 0.0163. The molecule has 1 aromatic heterocycles. The third-order valence-electron chi connectivity index (χ3n) is 3.18. The molecule has 0 amide bonds. The van der Waals surface area contributed by atoms with Crippen molar-refractivity contribution in [1.29, 1.82) is 0 Å². The van der Waals surface area contributed by atoms with Gasteiger partial charge in [-0.1, -0.05) is 5.16 Å². The van der Waals surface area contributed by atoms with E-state index < -0.39 is 0 Å². The summed E-state index contributed by atoms with van der Waals surface area (Å²) >= 11 is 0. The molecule has 5 heteroatoms. The number of ether oxygens (including phenoxy) is 1. The van der Waals surface area contributed by atoms with Gasteiger partial charge in [0.25, 0.3) is 5.89 Å². The quantitative estimate of drug-likeness (QED) is 0.823. The number of nitrogens with two attached hydrogens (primary N) is 1. The molecule has 2 heterocycles. The van der Waals surface area contributed by atoms with Gasteiger partial charge in [0.1, 0.15) is 6.10 Å². The number of hydrogen-bond donors (Lipinski definition) is 1. The van der Waals surface area contributed by atoms with E-state index in [2.05, 4.69) is 10.1 Å². The molecular formula is C13H15N3O2. The summed E-state index contributed by atoms with van der Waals surface area (Å²) in [6.07, 6.45) is 1.99. The maximum absolute atomic E-state index is 5.78. The maximum atomic E-state index is 5.78. The number of rotatable bonds is 2. The summed E-state index contributed by atoms with van der Waals surface area (Å²) in [6, 6.07) is 5.68. The third-order valence-corrected chi connectivity index (χ3v) is 3.18. The Kier molecular flexibility index (Phi) is 2.76. The van der Waals surface area contributed by atoms with Crippen LogP contribution in [0.2, 0.25) is 0 Å². The van der Waals surface area contributed by atoms with Crippen molar-refractivity contribution in [1.82, 2.24) is 10.1 Å². The molecule has 0 spiro atoms. The van der Waals surface area contributed by atoms with Crippen LogP contribution in [0.15, 0.2) is 22.7 Å². The van der Waals surface area contributed by atoms with Gasteiger partial charge in [-0.05, 0) is 43.5 Å². The van der Waals surface area contributed by atoms with E-state index in [1.165, 1.54) is 0 Å². The summed E-state index contributed by atoms with van der Waals surface area (Å²) in [7, 11) is 0. The van der Waals surface area contributed by atoms with Crippen molar-refractivity contribution in [3.63, 3.8) is 0 Å². The van der Waals surface area contributed by atoms with Crippen LogP contribution in [0.3, 0.4) is 0 Å². The zero-order valence-electron chi connectivity index (χ0n) is 10.2. The third kappa shape index (κ3) is 1.97. The lowest BCUT2D eigenvalue weighted by Gasteiger charge is -2.01. The van der Waals surface area contributed by atoms with E-state index in [0.717, 1.165) is 36.3 Å². The van der Waals surface area contributed by atoms with E-state index >= 15 is 0 Å². The summed E-state index contributed by atoms with van der Waals surface area (Å²) in [6.45, 7) is 2.73. The average Bonchev–Trinajstić information content (AvgIpc) is 3.01. The normalized spacial score (nSPS) is 19.3. The Morgan fingerprint density at radius 3 is 3.00 bits per heavy atom. The van der Waals surface area contributed by atoms with E-state index in [9.17, 15) is 0 Å². The molecule has 94 valence electrons. The van der Waals surface area contributed by atoms with Gasteiger partial charge in [0, 0.05) is 17.9 Å². The van der Waals surface area contributed by atoms with Crippen molar-refractivity contribution in [3.05, 3.63) is 29.6 Å². The molecule has 0 bridgehead atoms. The van der Waals surface area contributed by atoms with Crippen LogP contribution >= 0.6 is 0 Å². The van der Waals surface area contributed by atoms with Crippen LogP contribution in [0.1, 0.15) is 30.3 Å². The first-order valence-corrected chi connectivity index (χ1v) is 6.06. The molecule has 1 aliphatic rings. The highest BCUT2D eigenvalue weighted by molar-refractivity contribution is 5.60. The Morgan fingerprint density at radius 2 is 2.28 bits per heavy atom. The molecular weight excluding hydrogens is 230 g/mol. The van der Waals surface area contributed by atoms with Crippen molar-refractivity contribution in [3.8, 4) is 11.5 Å². The van der Waals surface area contributed by atoms with Crippen LogP contribution < -0.4 is 5.73 Å². The largest absolute Gasteiger partial charge is 0.399 e. The molecule has 1 saturated heterocycles. The van der Waals surface area contributed by atoms with Gasteiger partial charge in [-0.15, -0.1) is 0 Å². The molecule has 1 aliphatic heterocycles. The zero-order valence-corrected chi connectivity index (χ0v) is 10.2. The highest BCUT2D eigenvalue weighted by Gasteiger charge is 2.23. The number of aryl methyl sites for hydroxylation is 1. The summed E-state index contributed by atoms with van der Waals surface area (Å²) in [5.74, 6) is 1.15. The number of nitrogens with zero attached hydrogens (tertiary/aromatic N) is 2. The second-order valence-electron chi connectivity index (χ2n) is 4.53. The summed E-state index contributed by atoms with van der Waals surface area (Å²) in [4.78, 5) is 4.39. The molecule has 1 aromatic carbocycles. The van der Waals surface area contributed by atoms with Gasteiger partial charge in [-0.25, -0.2) is 0 Å². The number of nitrogen functional groups attached to an aromatic ring is 1. The molecule has 18 heavy (non-hydrogen) atoms. The number of benzene rings is 1. The number of anilines is 1. The van der Waals surface area contributed by atoms with E-state index in [-0.39, 0.29) is 6.10 Å². The molecule has 1 unspecified atom stereocenters. The Labute approximate surface area is 105 Å². The SMILES string of the molecule is Cc1cc(-c2nc(C3CCCO3)no2)ccc1N. The first-order chi connectivity index (χ1) is 8.74. The highest BCUT2D eigenvalue weighted by Crippen LogP contribution is 2.28. The van der Waals surface area contributed by atoms with Crippen LogP contribution in [-0.4, -0.2) is 16.7 Å². The lowest BCUT2D eigenvalue weighted by Crippen LogP contribution is -1.97. The van der Waals surface area contributed by atoms with Crippen LogP contribution in [-0.2, 0) is 4.74 Å². The molecule has 5 nitrogen and oxygen atoms in total. The van der Waals surface area contributed by atoms with Gasteiger partial charge < -0.3 is 15.0 Å². The molecule has 0 aliphatic carbocycles. The first kappa shape index (κ1) is 11.2. The summed E-state index contributed by atoms with van der Waals surface area (Å²) < 4.78 is 10.8. The topological polar surface area (TPSA) is 74.2 Å². The van der Waals surface area contributed by atoms with Gasteiger partial charge in [0.15, 0.2) is 0 Å². The van der Waals surface area contributed by atoms with Crippen LogP contribution in [0.25, 0.3) is 11.5 Å². The van der Waals surface area contributed by atoms with E-state index in [1.807, 2.05) is 25.1 Å². The molecule has 0 radical (unpaired) electrons. The Hall–Kier alpha value is -1.88. The second-order valence-corrected chi connectivity index (χ2v) is 4.53. The average molecular weight is 245 g/mol. The predicted octanol–water partition coefficient (Wildman–Crippen LogP) is 2.48. The number of hydrogen-bond acceptors (Lipinski definition) is 5. The van der Waals surface area contributed by atoms with Gasteiger partial charge in [-0.2, -0.15) is 4.98 Å². The summed E-state index contributed by atoms with van der Waals surface area (Å²) in [5.41, 5.74) is 8.44. The molecule has 1 fully saturated rings. The van der Waals surface area contributed by atoms with Crippen molar-refractivity contribution in [2.75, 3.05) is 12.3 Å². The molecule has 2 aromatic rings. The smallest absolute Gasteiger partial charge is 0.258 e. The van der Waals surface area contributed by atoms with E-state index in [0.29, 0.717) is 11.7 Å². The van der Waals surface area contributed by atoms with Crippen molar-refractivity contribution >= 4 is 5.69 Å². The lowest BCUT2D eigenvalue weighted by molar-refractivity contribution is 0.103. The summed E-state index contributed by atoms with van der Waals surface area (Å²) in [5, 5.41) is 3.98. The van der Waals surface area contributed by atoms with Crippen molar-refractivity contribution in [2.24, 2.45) is 0 Å². The fraction of sp³-hybridized carbons (Fsp3) is 0.385. The van der Waals surface area contributed by atoms with E-state index in [4.69, 9.17) is 15.0 Å². The lowest BCUT2D eigenvalue weighted by atomic mass is 10.1. The first-order valence-electron chi connectivity index (χ1n) is 6.06. The zero-order chi connectivity index (χ0) is 12.5. The second kappa shape index (κ2) is 4.42. The molecule has 1 atom stereocenters. The molecule has 0 saturated carbocycles. The van der Waals surface area contributed by atoms with Crippen LogP contribution in [0.5, 0.6) is 0 Å². The van der Waals surface area contributed by atoms with Crippen LogP contribution in [0.4, 0.5) is 5.69 Å². The van der Waals surface area contributed by atoms with Gasteiger partial charge in [0.2, 0.25) is 5.82 Å². The van der Waals surface area contributed by atoms with Gasteiger partial charge >= 0.3 is 0 Å². The molecule has 3 rings (SSSR count). The molecule has 2 N–H and O–H groups in total. The minimum Gasteiger partial charge on any atom is -0.399 e. The van der Waals surface area contributed by atoms with Crippen molar-refractivity contribution < 1.29 is 9.26 Å². The fourth-order valence-corrected chi connectivity index (χ4v) is 2.07. The monoisotopic (exact) mass is 245 g/mol. The van der Waals surface area contributed by atoms with Crippen molar-refractivity contribution in [2.45, 2.75) is 25.9 Å². The maximum Gasteiger partial charge on any atom is 0.258 e. The predicted molar refractivity (Wildman–Crippen MR) is 66.8 cm³/mol. The minimum atomic E-state index is -0.0163. The van der Waals surface area contributed by atoms with Gasteiger partial charge in [0.05, 0.1) is 0 Å². The Morgan fingerprint density at radius 1 is 1.39 bits per heavy atom. The van der Waals surface area contributed by atoms with Crippen LogP contribution in [0, 0.1) is 6.92 Å². The standard InChI is InChI=1S/C13H15N3O2/c1-8-7-9(4-5-10(8)14)13-15-12(16-18-13)11-3-2-6-17-11/h4-5,7,11H,2-3,6,14H2,1H3. The Balaban J connectivity index is 1.89. The highest BCUT2D eigenvalue weighted by atomic mass is 16.5. The van der Waals surface area contributed by atoms with Gasteiger partial charge in [-0.3, -0.25) is 0 Å². The fourth-order valence-electron chi connectivity index (χ4n) is 2.07. The Bertz CT molecular complexity index is 559.